The summed E-state index contributed by atoms with van der Waals surface area (Å²) in [6.07, 6.45) is 0.930. The normalized spacial score (nSPS) is 10.6. The maximum Gasteiger partial charge on any atom is 0.303 e. The highest BCUT2D eigenvalue weighted by molar-refractivity contribution is 8.01. The Morgan fingerprint density at radius 1 is 1.12 bits per heavy atom. The molecule has 1 amide bonds. The topological polar surface area (TPSA) is 148 Å². The van der Waals surface area contributed by atoms with Crippen LogP contribution in [-0.2, 0) is 4.79 Å². The second-order valence-electron chi connectivity index (χ2n) is 6.67. The molecule has 0 aliphatic rings. The van der Waals surface area contributed by atoms with E-state index in [0.29, 0.717) is 17.6 Å². The fourth-order valence-electron chi connectivity index (χ4n) is 2.98. The zero-order chi connectivity index (χ0) is 24.5. The second-order valence-corrected chi connectivity index (χ2v) is 7.47. The Morgan fingerprint density at radius 2 is 1.79 bits per heavy atom. The molecule has 0 saturated heterocycles. The van der Waals surface area contributed by atoms with Crippen LogP contribution in [0.5, 0.6) is 0 Å². The van der Waals surface area contributed by atoms with E-state index < -0.39 is 21.2 Å². The van der Waals surface area contributed by atoms with Gasteiger partial charge in [0.25, 0.3) is 5.69 Å². The number of anilines is 2. The number of carbonyl (C=O) groups excluding carboxylic acids is 1. The molecule has 0 bridgehead atoms. The minimum Gasteiger partial charge on any atom is -0.372 e. The van der Waals surface area contributed by atoms with Crippen LogP contribution in [0, 0.1) is 26.8 Å². The van der Waals surface area contributed by atoms with Gasteiger partial charge < -0.3 is 10.2 Å². The van der Waals surface area contributed by atoms with Crippen molar-refractivity contribution in [1.82, 2.24) is 0 Å². The van der Waals surface area contributed by atoms with Gasteiger partial charge >= 0.3 is 17.6 Å². The molecule has 172 valence electrons. The third-order valence-corrected chi connectivity index (χ3v) is 5.01. The first-order valence-corrected chi connectivity index (χ1v) is 10.6. The molecule has 0 aromatic heterocycles. The molecular weight excluding hydrogens is 450 g/mol. The van der Waals surface area contributed by atoms with Gasteiger partial charge in [-0.25, -0.2) is 10.8 Å². The number of nitro groups is 2. The van der Waals surface area contributed by atoms with Gasteiger partial charge in [0.2, 0.25) is 5.91 Å². The van der Waals surface area contributed by atoms with Gasteiger partial charge in [-0.05, 0) is 31.5 Å². The first kappa shape index (κ1) is 25.2. The molecule has 2 rings (SSSR count). The molecule has 0 aliphatic carbocycles. The van der Waals surface area contributed by atoms with Crippen molar-refractivity contribution in [2.75, 3.05) is 23.3 Å². The lowest BCUT2D eigenvalue weighted by Gasteiger charge is -2.23. The SMILES string of the molecule is [C-]#[N+]Sc1cc(N=Nc2ccc(N(CC)CCC)cc2NC(C)=O)c([N+](=O)[O-])cc1[N+](=O)[O-]. The highest BCUT2D eigenvalue weighted by atomic mass is 32.2. The Labute approximate surface area is 193 Å². The van der Waals surface area contributed by atoms with Crippen LogP contribution in [-0.4, -0.2) is 28.8 Å². The molecule has 0 saturated carbocycles. The molecule has 0 aliphatic heterocycles. The van der Waals surface area contributed by atoms with Crippen molar-refractivity contribution >= 4 is 52.0 Å². The number of nitrogens with zero attached hydrogens (tertiary/aromatic N) is 6. The first-order valence-electron chi connectivity index (χ1n) is 9.80. The Kier molecular flexibility index (Phi) is 8.81. The van der Waals surface area contributed by atoms with E-state index >= 15 is 0 Å². The van der Waals surface area contributed by atoms with E-state index in [0.717, 1.165) is 37.3 Å². The van der Waals surface area contributed by atoms with Crippen molar-refractivity contribution in [2.45, 2.75) is 32.1 Å². The number of rotatable bonds is 10. The third kappa shape index (κ3) is 6.47. The van der Waals surface area contributed by atoms with Crippen LogP contribution in [0.4, 0.5) is 34.1 Å². The van der Waals surface area contributed by atoms with Gasteiger partial charge in [-0.15, -0.1) is 10.2 Å². The number of nitro benzene ring substituents is 2. The van der Waals surface area contributed by atoms with Gasteiger partial charge in [0.1, 0.15) is 5.69 Å². The lowest BCUT2D eigenvalue weighted by Crippen LogP contribution is -2.23. The Balaban J connectivity index is 2.58. The molecule has 2 aromatic carbocycles. The average molecular weight is 471 g/mol. The molecule has 1 N–H and O–H groups in total. The number of benzene rings is 2. The molecule has 0 unspecified atom stereocenters. The van der Waals surface area contributed by atoms with Gasteiger partial charge in [0, 0.05) is 31.8 Å². The first-order chi connectivity index (χ1) is 15.7. The fourth-order valence-corrected chi connectivity index (χ4v) is 3.47. The number of carbonyl (C=O) groups is 1. The summed E-state index contributed by atoms with van der Waals surface area (Å²) in [6, 6.07) is 6.98. The van der Waals surface area contributed by atoms with E-state index in [1.807, 2.05) is 6.92 Å². The zero-order valence-electron chi connectivity index (χ0n) is 18.1. The van der Waals surface area contributed by atoms with Crippen molar-refractivity contribution in [3.63, 3.8) is 0 Å². The summed E-state index contributed by atoms with van der Waals surface area (Å²) in [5, 5.41) is 33.3. The summed E-state index contributed by atoms with van der Waals surface area (Å²) >= 11 is 0.474. The molecule has 0 radical (unpaired) electrons. The van der Waals surface area contributed by atoms with Gasteiger partial charge in [-0.1, -0.05) is 6.92 Å². The number of hydrogen-bond donors (Lipinski definition) is 1. The van der Waals surface area contributed by atoms with Crippen LogP contribution in [0.15, 0.2) is 45.5 Å². The van der Waals surface area contributed by atoms with Gasteiger partial charge in [0.05, 0.1) is 21.6 Å². The Bertz CT molecular complexity index is 1150. The van der Waals surface area contributed by atoms with E-state index in [9.17, 15) is 25.0 Å². The summed E-state index contributed by atoms with van der Waals surface area (Å²) in [6.45, 7) is 13.9. The van der Waals surface area contributed by atoms with Crippen LogP contribution >= 0.6 is 11.9 Å². The molecule has 0 fully saturated rings. The van der Waals surface area contributed by atoms with E-state index in [-0.39, 0.29) is 22.2 Å². The van der Waals surface area contributed by atoms with E-state index in [1.165, 1.54) is 6.92 Å². The number of nitrogens with one attached hydrogen (secondary N) is 1. The highest BCUT2D eigenvalue weighted by Gasteiger charge is 2.27. The van der Waals surface area contributed by atoms with Crippen LogP contribution in [0.1, 0.15) is 27.2 Å². The van der Waals surface area contributed by atoms with Crippen LogP contribution < -0.4 is 10.2 Å². The van der Waals surface area contributed by atoms with Crippen molar-refractivity contribution < 1.29 is 14.6 Å². The highest BCUT2D eigenvalue weighted by Crippen LogP contribution is 2.41. The van der Waals surface area contributed by atoms with Crippen LogP contribution in [0.25, 0.3) is 4.25 Å². The lowest BCUT2D eigenvalue weighted by molar-refractivity contribution is -0.395. The summed E-state index contributed by atoms with van der Waals surface area (Å²) in [4.78, 5) is 34.8. The van der Waals surface area contributed by atoms with Gasteiger partial charge in [-0.2, -0.15) is 0 Å². The monoisotopic (exact) mass is 471 g/mol. The predicted octanol–water partition coefficient (Wildman–Crippen LogP) is 6.04. The largest absolute Gasteiger partial charge is 0.372 e. The maximum atomic E-state index is 11.7. The molecule has 0 atom stereocenters. The van der Waals surface area contributed by atoms with Crippen molar-refractivity contribution in [2.24, 2.45) is 10.2 Å². The quantitative estimate of drug-likeness (QED) is 0.146. The number of amides is 1. The van der Waals surface area contributed by atoms with Gasteiger partial charge in [0.15, 0.2) is 10.6 Å². The molecule has 0 heterocycles. The maximum absolute atomic E-state index is 11.7. The number of hydrogen-bond acceptors (Lipinski definition) is 9. The second kappa shape index (κ2) is 11.5. The summed E-state index contributed by atoms with van der Waals surface area (Å²) in [7, 11) is 0. The number of azo groups is 1. The average Bonchev–Trinajstić information content (AvgIpc) is 2.76. The third-order valence-electron chi connectivity index (χ3n) is 4.39. The molecule has 12 nitrogen and oxygen atoms in total. The molecule has 13 heteroatoms. The molecule has 2 aromatic rings. The molecular formula is C20H21N7O5S. The van der Waals surface area contributed by atoms with E-state index in [4.69, 9.17) is 6.57 Å². The van der Waals surface area contributed by atoms with Crippen molar-refractivity contribution in [3.05, 3.63) is 61.4 Å². The van der Waals surface area contributed by atoms with Crippen molar-refractivity contribution in [3.8, 4) is 0 Å². The Morgan fingerprint density at radius 3 is 2.33 bits per heavy atom. The van der Waals surface area contributed by atoms with Crippen LogP contribution in [0.2, 0.25) is 0 Å². The minimum absolute atomic E-state index is 0.0925. The van der Waals surface area contributed by atoms with Crippen molar-refractivity contribution in [1.29, 1.82) is 0 Å². The van der Waals surface area contributed by atoms with Gasteiger partial charge in [-0.3, -0.25) is 25.0 Å². The summed E-state index contributed by atoms with van der Waals surface area (Å²) in [5.41, 5.74) is 0.0140. The predicted molar refractivity (Wildman–Crippen MR) is 125 cm³/mol. The fraction of sp³-hybridized carbons (Fsp3) is 0.300. The molecule has 0 spiro atoms. The minimum atomic E-state index is -0.810. The zero-order valence-corrected chi connectivity index (χ0v) is 19.0. The van der Waals surface area contributed by atoms with E-state index in [1.54, 1.807) is 18.2 Å². The lowest BCUT2D eigenvalue weighted by atomic mass is 10.2. The molecule has 33 heavy (non-hydrogen) atoms. The van der Waals surface area contributed by atoms with Crippen LogP contribution in [0.3, 0.4) is 0 Å². The summed E-state index contributed by atoms with van der Waals surface area (Å²) in [5.74, 6) is -0.334. The standard InChI is InChI=1S/C20H21N7O5S/c1-5-9-25(6-2)14-7-8-15(16(10-14)22-13(3)28)23-24-17-11-20(33-21-4)19(27(31)32)12-18(17)26(29)30/h7-8,10-12H,5-6,9H2,1-3H3,(H,22,28). The Hall–Kier alpha value is -4.05. The summed E-state index contributed by atoms with van der Waals surface area (Å²) < 4.78 is 3.05. The van der Waals surface area contributed by atoms with E-state index in [2.05, 4.69) is 31.6 Å². The smallest absolute Gasteiger partial charge is 0.303 e.